The van der Waals surface area contributed by atoms with Gasteiger partial charge in [0.05, 0.1) is 17.3 Å². The minimum absolute atomic E-state index is 0.247. The first-order valence-corrected chi connectivity index (χ1v) is 6.76. The summed E-state index contributed by atoms with van der Waals surface area (Å²) in [5, 5.41) is 5.07. The lowest BCUT2D eigenvalue weighted by Gasteiger charge is -2.08. The molecule has 0 spiro atoms. The molecule has 0 unspecified atom stereocenters. The average Bonchev–Trinajstić information content (AvgIpc) is 2.91. The van der Waals surface area contributed by atoms with Gasteiger partial charge in [-0.1, -0.05) is 30.3 Å². The molecular weight excluding hydrogens is 278 g/mol. The summed E-state index contributed by atoms with van der Waals surface area (Å²) in [7, 11) is 1.88. The molecule has 2 aromatic carbocycles. The molecule has 6 nitrogen and oxygen atoms in total. The standard InChI is InChI=1S/C16H15N5O/c1-21-9-11(8-19-21)14-12-5-3-2-4-10(12)6-7-13(14)15(22)20-16(17)18/h2-9H,1H3,(H4,17,18,20,22)/p+1. The summed E-state index contributed by atoms with van der Waals surface area (Å²) in [6, 6.07) is 11.5. The number of nitrogens with one attached hydrogen (secondary N) is 1. The fourth-order valence-electron chi connectivity index (χ4n) is 2.53. The van der Waals surface area contributed by atoms with E-state index in [1.807, 2.05) is 54.5 Å². The second-order valence-corrected chi connectivity index (χ2v) is 5.02. The Morgan fingerprint density at radius 2 is 1.95 bits per heavy atom. The molecule has 110 valence electrons. The van der Waals surface area contributed by atoms with Crippen LogP contribution in [0.5, 0.6) is 0 Å². The van der Waals surface area contributed by atoms with Crippen LogP contribution in [-0.2, 0) is 7.05 Å². The third-order valence-electron chi connectivity index (χ3n) is 3.44. The van der Waals surface area contributed by atoms with Gasteiger partial charge in [0.15, 0.2) is 13.0 Å². The number of guanidine groups is 1. The number of nitrogens with two attached hydrogens (primary N) is 2. The quantitative estimate of drug-likeness (QED) is 0.374. The Hall–Kier alpha value is -3.15. The van der Waals surface area contributed by atoms with Gasteiger partial charge >= 0.3 is 0 Å². The lowest BCUT2D eigenvalue weighted by Crippen LogP contribution is -2.27. The highest BCUT2D eigenvalue weighted by Crippen LogP contribution is 2.31. The number of benzene rings is 2. The van der Waals surface area contributed by atoms with Gasteiger partial charge in [0.1, 0.15) is 0 Å². The van der Waals surface area contributed by atoms with Crippen molar-refractivity contribution in [2.24, 2.45) is 23.5 Å². The molecule has 5 N–H and O–H groups in total. The second kappa shape index (κ2) is 5.33. The van der Waals surface area contributed by atoms with Crippen LogP contribution < -0.4 is 16.1 Å². The van der Waals surface area contributed by atoms with Crippen LogP contribution in [-0.4, -0.2) is 17.0 Å². The number of aromatic nitrogens is 2. The topological polar surface area (TPSA) is 101 Å². The number of aryl methyl sites for hydroxylation is 1. The van der Waals surface area contributed by atoms with Crippen molar-refractivity contribution < 1.29 is 9.48 Å². The van der Waals surface area contributed by atoms with Crippen LogP contribution in [0.1, 0.15) is 10.4 Å². The minimum Gasteiger partial charge on any atom is -0.370 e. The zero-order valence-electron chi connectivity index (χ0n) is 12.1. The molecule has 1 amide bonds. The molecule has 0 aliphatic rings. The first-order chi connectivity index (χ1) is 10.6. The van der Waals surface area contributed by atoms with E-state index in [1.165, 1.54) is 0 Å². The molecule has 0 saturated heterocycles. The molecule has 0 radical (unpaired) electrons. The third kappa shape index (κ3) is 2.42. The van der Waals surface area contributed by atoms with Crippen LogP contribution in [0, 0.1) is 0 Å². The lowest BCUT2D eigenvalue weighted by molar-refractivity contribution is -0.726. The van der Waals surface area contributed by atoms with Gasteiger partial charge < -0.3 is 11.5 Å². The Labute approximate surface area is 127 Å². The molecule has 3 rings (SSSR count). The Morgan fingerprint density at radius 3 is 2.64 bits per heavy atom. The lowest BCUT2D eigenvalue weighted by atomic mass is 9.94. The number of nitrogens with zero attached hydrogens (tertiary/aromatic N) is 2. The van der Waals surface area contributed by atoms with E-state index in [9.17, 15) is 4.79 Å². The van der Waals surface area contributed by atoms with Crippen LogP contribution in [0.15, 0.2) is 53.8 Å². The summed E-state index contributed by atoms with van der Waals surface area (Å²) in [4.78, 5) is 16.0. The number of rotatable bonds is 2. The van der Waals surface area contributed by atoms with Crippen molar-refractivity contribution in [2.75, 3.05) is 0 Å². The summed E-state index contributed by atoms with van der Waals surface area (Å²) >= 11 is 0. The summed E-state index contributed by atoms with van der Waals surface area (Å²) in [5.41, 5.74) is 12.8. The van der Waals surface area contributed by atoms with Gasteiger partial charge in [-0.2, -0.15) is 10.1 Å². The van der Waals surface area contributed by atoms with Crippen LogP contribution in [0.25, 0.3) is 21.9 Å². The molecule has 3 aromatic rings. The molecule has 1 heterocycles. The van der Waals surface area contributed by atoms with E-state index in [0.29, 0.717) is 5.56 Å². The Balaban J connectivity index is 2.33. The zero-order valence-corrected chi connectivity index (χ0v) is 12.1. The monoisotopic (exact) mass is 294 g/mol. The molecule has 0 saturated carbocycles. The number of hydrogen-bond acceptors (Lipinski definition) is 1. The maximum atomic E-state index is 12.3. The predicted octanol–water partition coefficient (Wildman–Crippen LogP) is 1.07. The summed E-state index contributed by atoms with van der Waals surface area (Å²) < 4.78 is 1.81. The average molecular weight is 294 g/mol. The number of H-pyrrole nitrogens is 1. The fourth-order valence-corrected chi connectivity index (χ4v) is 2.53. The Morgan fingerprint density at radius 1 is 1.18 bits per heavy atom. The summed E-state index contributed by atoms with van der Waals surface area (Å²) in [6.07, 6.45) is 3.75. The number of aromatic amines is 1. The molecule has 0 bridgehead atoms. The maximum absolute atomic E-state index is 12.3. The maximum Gasteiger partial charge on any atom is 0.280 e. The van der Waals surface area contributed by atoms with E-state index in [4.69, 9.17) is 11.5 Å². The van der Waals surface area contributed by atoms with Crippen molar-refractivity contribution in [3.63, 3.8) is 0 Å². The molecule has 1 aromatic heterocycles. The smallest absolute Gasteiger partial charge is 0.280 e. The van der Waals surface area contributed by atoms with Crippen LogP contribution in [0.4, 0.5) is 0 Å². The molecular formula is C16H16N5O+. The zero-order chi connectivity index (χ0) is 15.7. The van der Waals surface area contributed by atoms with Gasteiger partial charge in [-0.15, -0.1) is 4.68 Å². The van der Waals surface area contributed by atoms with Crippen molar-refractivity contribution in [1.82, 2.24) is 5.10 Å². The van der Waals surface area contributed by atoms with Gasteiger partial charge in [0.2, 0.25) is 6.20 Å². The Kier molecular flexibility index (Phi) is 3.34. The first kappa shape index (κ1) is 13.8. The van der Waals surface area contributed by atoms with Gasteiger partial charge in [-0.25, -0.2) is 0 Å². The normalized spacial score (nSPS) is 10.6. The number of hydrogen-bond donors (Lipinski definition) is 3. The van der Waals surface area contributed by atoms with Crippen molar-refractivity contribution in [1.29, 1.82) is 0 Å². The number of amides is 1. The first-order valence-electron chi connectivity index (χ1n) is 6.76. The van der Waals surface area contributed by atoms with E-state index in [-0.39, 0.29) is 5.96 Å². The number of aliphatic imine (C=N–C) groups is 1. The van der Waals surface area contributed by atoms with Crippen LogP contribution in [0.2, 0.25) is 0 Å². The minimum atomic E-state index is -0.454. The van der Waals surface area contributed by atoms with Crippen molar-refractivity contribution in [3.05, 3.63) is 54.4 Å². The fraction of sp³-hybridized carbons (Fsp3) is 0.0625. The van der Waals surface area contributed by atoms with E-state index in [0.717, 1.165) is 21.9 Å². The van der Waals surface area contributed by atoms with Crippen molar-refractivity contribution in [3.8, 4) is 11.1 Å². The molecule has 0 aliphatic carbocycles. The molecule has 0 aliphatic heterocycles. The molecule has 22 heavy (non-hydrogen) atoms. The largest absolute Gasteiger partial charge is 0.370 e. The molecule has 6 heteroatoms. The number of carbonyl (C=O) groups is 1. The van der Waals surface area contributed by atoms with E-state index in [2.05, 4.69) is 10.1 Å². The van der Waals surface area contributed by atoms with Gasteiger partial charge in [-0.05, 0) is 16.8 Å². The van der Waals surface area contributed by atoms with Crippen LogP contribution in [0.3, 0.4) is 0 Å². The Bertz CT molecular complexity index is 890. The molecule has 0 atom stereocenters. The molecule has 0 fully saturated rings. The van der Waals surface area contributed by atoms with Gasteiger partial charge in [0.25, 0.3) is 5.91 Å². The number of fused-ring (bicyclic) bond motifs is 1. The predicted molar refractivity (Wildman–Crippen MR) is 85.1 cm³/mol. The van der Waals surface area contributed by atoms with Crippen molar-refractivity contribution >= 4 is 22.6 Å². The van der Waals surface area contributed by atoms with Gasteiger partial charge in [0, 0.05) is 5.56 Å². The third-order valence-corrected chi connectivity index (χ3v) is 3.44. The van der Waals surface area contributed by atoms with Crippen LogP contribution >= 0.6 is 0 Å². The SMILES string of the molecule is C[n+]1cc(-c2c(C(=O)N=C(N)N)ccc3ccccc23)c[nH]1. The van der Waals surface area contributed by atoms with E-state index < -0.39 is 5.91 Å². The summed E-state index contributed by atoms with van der Waals surface area (Å²) in [6.45, 7) is 0. The highest BCUT2D eigenvalue weighted by Gasteiger charge is 2.18. The van der Waals surface area contributed by atoms with Crippen molar-refractivity contribution in [2.45, 2.75) is 0 Å². The summed E-state index contributed by atoms with van der Waals surface area (Å²) in [5.74, 6) is -0.701. The van der Waals surface area contributed by atoms with E-state index in [1.54, 1.807) is 6.07 Å². The van der Waals surface area contributed by atoms with Gasteiger partial charge in [-0.3, -0.25) is 4.79 Å². The second-order valence-electron chi connectivity index (χ2n) is 5.02. The number of carbonyl (C=O) groups excluding carboxylic acids is 1. The van der Waals surface area contributed by atoms with E-state index >= 15 is 0 Å². The highest BCUT2D eigenvalue weighted by molar-refractivity contribution is 6.12. The highest BCUT2D eigenvalue weighted by atomic mass is 16.1.